The van der Waals surface area contributed by atoms with Crippen LogP contribution < -0.4 is 0 Å². The predicted octanol–water partition coefficient (Wildman–Crippen LogP) is 2.93. The van der Waals surface area contributed by atoms with Gasteiger partial charge in [-0.1, -0.05) is 13.8 Å². The summed E-state index contributed by atoms with van der Waals surface area (Å²) in [7, 11) is 0. The van der Waals surface area contributed by atoms with Crippen LogP contribution in [0.1, 0.15) is 65.2 Å². The zero-order valence-corrected chi connectivity index (χ0v) is 13.9. The molecule has 22 heavy (non-hydrogen) atoms. The van der Waals surface area contributed by atoms with Crippen LogP contribution in [-0.4, -0.2) is 28.2 Å². The second-order valence-corrected chi connectivity index (χ2v) is 9.16. The lowest BCUT2D eigenvalue weighted by atomic mass is 9.45. The topological polar surface area (TPSA) is 57.5 Å². The minimum Gasteiger partial charge on any atom is -0.393 e. The molecule has 4 aliphatic rings. The molecule has 0 bridgehead atoms. The van der Waals surface area contributed by atoms with Gasteiger partial charge in [0.05, 0.1) is 6.10 Å². The smallest absolute Gasteiger partial charge is 0.167 e. The number of carbonyl (C=O) groups excluding carboxylic acids is 1. The van der Waals surface area contributed by atoms with Crippen LogP contribution in [0, 0.1) is 34.5 Å². The molecule has 0 amide bonds. The fourth-order valence-electron chi connectivity index (χ4n) is 7.02. The van der Waals surface area contributed by atoms with Gasteiger partial charge in [-0.05, 0) is 80.5 Å². The molecular formula is C19H30O3. The van der Waals surface area contributed by atoms with Crippen LogP contribution >= 0.6 is 0 Å². The van der Waals surface area contributed by atoms with E-state index >= 15 is 0 Å². The van der Waals surface area contributed by atoms with Gasteiger partial charge in [-0.2, -0.15) is 0 Å². The van der Waals surface area contributed by atoms with Gasteiger partial charge in [0.15, 0.2) is 5.78 Å². The number of rotatable bonds is 0. The highest BCUT2D eigenvalue weighted by molar-refractivity contribution is 5.91. The third kappa shape index (κ3) is 1.84. The molecule has 3 heteroatoms. The lowest BCUT2D eigenvalue weighted by Gasteiger charge is -2.59. The van der Waals surface area contributed by atoms with Crippen LogP contribution in [0.15, 0.2) is 0 Å². The molecule has 124 valence electrons. The van der Waals surface area contributed by atoms with Crippen molar-refractivity contribution in [2.75, 3.05) is 0 Å². The van der Waals surface area contributed by atoms with E-state index in [1.807, 2.05) is 0 Å². The highest BCUT2D eigenvalue weighted by Crippen LogP contribution is 2.65. The van der Waals surface area contributed by atoms with Crippen molar-refractivity contribution in [3.8, 4) is 0 Å². The van der Waals surface area contributed by atoms with E-state index in [4.69, 9.17) is 0 Å². The summed E-state index contributed by atoms with van der Waals surface area (Å²) < 4.78 is 0. The largest absolute Gasteiger partial charge is 0.393 e. The molecule has 4 fully saturated rings. The Morgan fingerprint density at radius 1 is 0.955 bits per heavy atom. The maximum atomic E-state index is 12.5. The first-order chi connectivity index (χ1) is 10.4. The molecule has 3 nitrogen and oxygen atoms in total. The maximum absolute atomic E-state index is 12.5. The van der Waals surface area contributed by atoms with Crippen LogP contribution in [0.5, 0.6) is 0 Å². The van der Waals surface area contributed by atoms with Gasteiger partial charge < -0.3 is 10.2 Å². The normalized spacial score (nSPS) is 57.9. The number of Topliss-reactive ketones (excluding diaryl/α,β-unsaturated/α-hetero) is 1. The van der Waals surface area contributed by atoms with Crippen LogP contribution in [0.4, 0.5) is 0 Å². The predicted molar refractivity (Wildman–Crippen MR) is 84.1 cm³/mol. The first kappa shape index (κ1) is 15.1. The molecule has 0 radical (unpaired) electrons. The van der Waals surface area contributed by atoms with Gasteiger partial charge in [0.1, 0.15) is 6.10 Å². The van der Waals surface area contributed by atoms with Crippen molar-refractivity contribution in [1.29, 1.82) is 0 Å². The van der Waals surface area contributed by atoms with Crippen LogP contribution in [-0.2, 0) is 4.79 Å². The van der Waals surface area contributed by atoms with Gasteiger partial charge in [0.2, 0.25) is 0 Å². The molecule has 2 N–H and O–H groups in total. The van der Waals surface area contributed by atoms with Gasteiger partial charge in [-0.15, -0.1) is 0 Å². The van der Waals surface area contributed by atoms with E-state index in [1.54, 1.807) is 0 Å². The molecule has 0 aromatic rings. The third-order valence-electron chi connectivity index (χ3n) is 8.37. The molecule has 4 saturated carbocycles. The van der Waals surface area contributed by atoms with E-state index in [2.05, 4.69) is 13.8 Å². The number of hydrogen-bond donors (Lipinski definition) is 2. The second-order valence-electron chi connectivity index (χ2n) is 9.16. The molecule has 0 aromatic heterocycles. The number of ketones is 1. The van der Waals surface area contributed by atoms with Gasteiger partial charge in [0.25, 0.3) is 0 Å². The molecule has 8 atom stereocenters. The van der Waals surface area contributed by atoms with E-state index in [-0.39, 0.29) is 17.3 Å². The third-order valence-corrected chi connectivity index (χ3v) is 8.37. The van der Waals surface area contributed by atoms with Crippen molar-refractivity contribution < 1.29 is 15.0 Å². The van der Waals surface area contributed by atoms with E-state index < -0.39 is 6.10 Å². The summed E-state index contributed by atoms with van der Waals surface area (Å²) in [5, 5.41) is 20.2. The Hall–Kier alpha value is -0.410. The number of carbonyl (C=O) groups is 1. The number of hydrogen-bond acceptors (Lipinski definition) is 3. The first-order valence-corrected chi connectivity index (χ1v) is 9.26. The average Bonchev–Trinajstić information content (AvgIpc) is 2.72. The van der Waals surface area contributed by atoms with Gasteiger partial charge >= 0.3 is 0 Å². The highest BCUT2D eigenvalue weighted by atomic mass is 16.3. The summed E-state index contributed by atoms with van der Waals surface area (Å²) in [6.45, 7) is 4.57. The molecule has 0 heterocycles. The molecule has 0 spiro atoms. The Bertz CT molecular complexity index is 489. The lowest BCUT2D eigenvalue weighted by Crippen LogP contribution is -2.54. The Kier molecular flexibility index (Phi) is 3.30. The quantitative estimate of drug-likeness (QED) is 0.723. The summed E-state index contributed by atoms with van der Waals surface area (Å²) in [5.74, 6) is 2.45. The molecular weight excluding hydrogens is 276 g/mol. The van der Waals surface area contributed by atoms with Crippen LogP contribution in [0.3, 0.4) is 0 Å². The van der Waals surface area contributed by atoms with E-state index in [9.17, 15) is 15.0 Å². The molecule has 4 rings (SSSR count). The monoisotopic (exact) mass is 306 g/mol. The summed E-state index contributed by atoms with van der Waals surface area (Å²) in [6, 6.07) is 0. The van der Waals surface area contributed by atoms with Crippen molar-refractivity contribution in [3.05, 3.63) is 0 Å². The van der Waals surface area contributed by atoms with Crippen LogP contribution in [0.2, 0.25) is 0 Å². The molecule has 0 unspecified atom stereocenters. The standard InChI is InChI=1S/C19H30O3/c1-18-7-5-12(20)9-11(18)3-4-13-14(18)6-8-19(2)15(13)10-16(21)17(19)22/h11-16,20-21H,3-10H2,1-2H3/t11-,12-,13-,14+,15+,16-,18+,19+/m1/s1. The highest BCUT2D eigenvalue weighted by Gasteiger charge is 2.62. The fraction of sp³-hybridized carbons (Fsp3) is 0.947. The summed E-state index contributed by atoms with van der Waals surface area (Å²) in [4.78, 5) is 12.5. The Balaban J connectivity index is 1.64. The SMILES string of the molecule is C[C@]12CC[C@@H](O)C[C@H]1CC[C@@H]1[C@@H]2CC[C@]2(C)C(=O)[C@H](O)C[C@@H]12. The molecule has 4 aliphatic carbocycles. The van der Waals surface area contributed by atoms with Crippen molar-refractivity contribution >= 4 is 5.78 Å². The van der Waals surface area contributed by atoms with Crippen LogP contribution in [0.25, 0.3) is 0 Å². The maximum Gasteiger partial charge on any atom is 0.167 e. The summed E-state index contributed by atoms with van der Waals surface area (Å²) >= 11 is 0. The summed E-state index contributed by atoms with van der Waals surface area (Å²) in [6.07, 6.45) is 7.43. The Labute approximate surface area is 133 Å². The number of fused-ring (bicyclic) bond motifs is 5. The minimum absolute atomic E-state index is 0.0987. The minimum atomic E-state index is -0.715. The van der Waals surface area contributed by atoms with E-state index in [1.165, 1.54) is 12.8 Å². The zero-order valence-electron chi connectivity index (χ0n) is 13.9. The van der Waals surface area contributed by atoms with Gasteiger partial charge in [0, 0.05) is 5.41 Å². The van der Waals surface area contributed by atoms with Crippen molar-refractivity contribution in [2.24, 2.45) is 34.5 Å². The van der Waals surface area contributed by atoms with E-state index in [0.29, 0.717) is 35.5 Å². The van der Waals surface area contributed by atoms with Crippen molar-refractivity contribution in [2.45, 2.75) is 77.4 Å². The second kappa shape index (κ2) is 4.80. The van der Waals surface area contributed by atoms with Crippen molar-refractivity contribution in [1.82, 2.24) is 0 Å². The van der Waals surface area contributed by atoms with Gasteiger partial charge in [-0.3, -0.25) is 4.79 Å². The molecule has 0 aliphatic heterocycles. The number of aliphatic hydroxyl groups excluding tert-OH is 2. The van der Waals surface area contributed by atoms with E-state index in [0.717, 1.165) is 32.1 Å². The Morgan fingerprint density at radius 2 is 1.73 bits per heavy atom. The summed E-state index contributed by atoms with van der Waals surface area (Å²) in [5.41, 5.74) is 0.0814. The average molecular weight is 306 g/mol. The first-order valence-electron chi connectivity index (χ1n) is 9.26. The van der Waals surface area contributed by atoms with Gasteiger partial charge in [-0.25, -0.2) is 0 Å². The zero-order chi connectivity index (χ0) is 15.7. The lowest BCUT2D eigenvalue weighted by molar-refractivity contribution is -0.144. The number of aliphatic hydroxyl groups is 2. The molecule has 0 aromatic carbocycles. The van der Waals surface area contributed by atoms with Crippen molar-refractivity contribution in [3.63, 3.8) is 0 Å². The fourth-order valence-corrected chi connectivity index (χ4v) is 7.02. The molecule has 0 saturated heterocycles. The Morgan fingerprint density at radius 3 is 2.50 bits per heavy atom.